The first-order chi connectivity index (χ1) is 12.9. The van der Waals surface area contributed by atoms with Gasteiger partial charge in [-0.05, 0) is 31.5 Å². The van der Waals surface area contributed by atoms with E-state index in [-0.39, 0.29) is 23.7 Å². The van der Waals surface area contributed by atoms with Crippen LogP contribution in [0.15, 0.2) is 24.4 Å². The highest BCUT2D eigenvalue weighted by Crippen LogP contribution is 2.23. The summed E-state index contributed by atoms with van der Waals surface area (Å²) >= 11 is 6.00. The van der Waals surface area contributed by atoms with Crippen LogP contribution < -0.4 is 10.2 Å². The van der Waals surface area contributed by atoms with E-state index in [0.29, 0.717) is 30.2 Å². The summed E-state index contributed by atoms with van der Waals surface area (Å²) < 4.78 is 5.57. The molecule has 2 atom stereocenters. The third-order valence-corrected chi connectivity index (χ3v) is 5.09. The number of carboxylic acids is 1. The fourth-order valence-corrected chi connectivity index (χ4v) is 3.35. The van der Waals surface area contributed by atoms with Gasteiger partial charge in [0.05, 0.1) is 17.2 Å². The minimum atomic E-state index is -1.07. The molecule has 1 fully saturated rings. The summed E-state index contributed by atoms with van der Waals surface area (Å²) in [6.45, 7) is 2.98. The van der Waals surface area contributed by atoms with Crippen LogP contribution in [0.4, 0.5) is 5.69 Å². The Hall–Kier alpha value is -2.58. The largest absolute Gasteiger partial charge is 0.477 e. The molecule has 27 heavy (non-hydrogen) atoms. The molecule has 0 bridgehead atoms. The molecule has 3 N–H and O–H groups in total. The fraction of sp³-hybridized carbons (Fsp3) is 0.389. The molecular formula is C18H21ClN4O4. The Morgan fingerprint density at radius 3 is 2.85 bits per heavy atom. The van der Waals surface area contributed by atoms with E-state index in [4.69, 9.17) is 21.4 Å². The first-order valence-electron chi connectivity index (χ1n) is 8.52. The Labute approximate surface area is 161 Å². The summed E-state index contributed by atoms with van der Waals surface area (Å²) in [4.78, 5) is 32.4. The van der Waals surface area contributed by atoms with Crippen LogP contribution >= 0.6 is 11.6 Å². The van der Waals surface area contributed by atoms with Crippen LogP contribution in [-0.2, 0) is 4.74 Å². The quantitative estimate of drug-likeness (QED) is 0.719. The first kappa shape index (κ1) is 19.2. The number of amides is 1. The van der Waals surface area contributed by atoms with E-state index in [1.54, 1.807) is 26.2 Å². The summed E-state index contributed by atoms with van der Waals surface area (Å²) in [7, 11) is 1.60. The van der Waals surface area contributed by atoms with E-state index in [9.17, 15) is 9.59 Å². The van der Waals surface area contributed by atoms with Crippen LogP contribution in [0.5, 0.6) is 0 Å². The molecule has 0 aromatic carbocycles. The van der Waals surface area contributed by atoms with Gasteiger partial charge in [-0.2, -0.15) is 0 Å². The molecule has 1 aliphatic heterocycles. The monoisotopic (exact) mass is 392 g/mol. The van der Waals surface area contributed by atoms with Gasteiger partial charge in [-0.3, -0.25) is 4.79 Å². The number of carboxylic acid groups (broad SMARTS) is 1. The van der Waals surface area contributed by atoms with Gasteiger partial charge in [0.2, 0.25) is 0 Å². The van der Waals surface area contributed by atoms with Crippen LogP contribution in [0.3, 0.4) is 0 Å². The number of aryl methyl sites for hydroxylation is 1. The summed E-state index contributed by atoms with van der Waals surface area (Å²) in [5, 5.41) is 12.6. The van der Waals surface area contributed by atoms with E-state index in [1.165, 1.54) is 12.3 Å². The zero-order valence-electron chi connectivity index (χ0n) is 15.0. The van der Waals surface area contributed by atoms with Gasteiger partial charge in [0.1, 0.15) is 11.4 Å². The number of H-pyrrole nitrogens is 1. The highest BCUT2D eigenvalue weighted by Gasteiger charge is 2.31. The second-order valence-electron chi connectivity index (χ2n) is 6.45. The molecule has 0 radical (unpaired) electrons. The van der Waals surface area contributed by atoms with Crippen molar-refractivity contribution < 1.29 is 19.4 Å². The van der Waals surface area contributed by atoms with Crippen molar-refractivity contribution in [2.45, 2.75) is 25.5 Å². The second-order valence-corrected chi connectivity index (χ2v) is 6.86. The van der Waals surface area contributed by atoms with Gasteiger partial charge in [0, 0.05) is 37.8 Å². The lowest BCUT2D eigenvalue weighted by atomic mass is 10.0. The maximum absolute atomic E-state index is 12.5. The highest BCUT2D eigenvalue weighted by molar-refractivity contribution is 6.31. The molecule has 0 aliphatic carbocycles. The van der Waals surface area contributed by atoms with E-state index in [1.807, 2.05) is 4.90 Å². The Morgan fingerprint density at radius 1 is 1.44 bits per heavy atom. The van der Waals surface area contributed by atoms with E-state index >= 15 is 0 Å². The molecule has 9 heteroatoms. The smallest absolute Gasteiger partial charge is 0.354 e. The zero-order chi connectivity index (χ0) is 19.6. The Kier molecular flexibility index (Phi) is 5.67. The minimum Gasteiger partial charge on any atom is -0.477 e. The van der Waals surface area contributed by atoms with Gasteiger partial charge in [0.15, 0.2) is 0 Å². The normalized spacial score (nSPS) is 19.7. The first-order valence-corrected chi connectivity index (χ1v) is 8.90. The summed E-state index contributed by atoms with van der Waals surface area (Å²) in [6, 6.07) is 4.74. The average Bonchev–Trinajstić information content (AvgIpc) is 3.01. The van der Waals surface area contributed by atoms with Crippen LogP contribution in [0.25, 0.3) is 0 Å². The van der Waals surface area contributed by atoms with Crippen molar-refractivity contribution in [2.24, 2.45) is 0 Å². The molecule has 1 amide bonds. The Bertz CT molecular complexity index is 834. The number of hydrogen-bond acceptors (Lipinski definition) is 5. The molecule has 2 aromatic heterocycles. The second kappa shape index (κ2) is 7.98. The molecule has 3 heterocycles. The standard InChI is InChI=1S/C18H21ClN4O4/c1-10-12(19)8-14(21-10)17(24)22-13-4-6-23(9-16(13)27-2)11-3-5-20-15(7-11)18(25)26/h3,5,7-8,13,16,21H,4,6,9H2,1-2H3,(H,22,24)(H,25,26). The van der Waals surface area contributed by atoms with Gasteiger partial charge in [-0.25, -0.2) is 9.78 Å². The number of aromatic nitrogens is 2. The Balaban J connectivity index is 1.68. The number of hydrogen-bond donors (Lipinski definition) is 3. The number of aromatic carboxylic acids is 1. The average molecular weight is 393 g/mol. The number of piperidine rings is 1. The molecule has 2 aromatic rings. The third kappa shape index (κ3) is 4.23. The number of nitrogens with zero attached hydrogens (tertiary/aromatic N) is 2. The lowest BCUT2D eigenvalue weighted by molar-refractivity contribution is 0.0540. The molecule has 0 spiro atoms. The number of ether oxygens (including phenoxy) is 1. The van der Waals surface area contributed by atoms with Crippen molar-refractivity contribution in [3.63, 3.8) is 0 Å². The van der Waals surface area contributed by atoms with Crippen molar-refractivity contribution in [3.05, 3.63) is 46.5 Å². The predicted octanol–water partition coefficient (Wildman–Crippen LogP) is 2.09. The van der Waals surface area contributed by atoms with Crippen molar-refractivity contribution >= 4 is 29.2 Å². The highest BCUT2D eigenvalue weighted by atomic mass is 35.5. The molecule has 1 saturated heterocycles. The third-order valence-electron chi connectivity index (χ3n) is 4.70. The number of methoxy groups -OCH3 is 1. The van der Waals surface area contributed by atoms with Crippen molar-refractivity contribution in [1.82, 2.24) is 15.3 Å². The lowest BCUT2D eigenvalue weighted by Gasteiger charge is -2.39. The van der Waals surface area contributed by atoms with Crippen molar-refractivity contribution in [2.75, 3.05) is 25.1 Å². The molecule has 144 valence electrons. The number of carbonyl (C=O) groups is 2. The number of rotatable bonds is 5. The maximum Gasteiger partial charge on any atom is 0.354 e. The molecular weight excluding hydrogens is 372 g/mol. The predicted molar refractivity (Wildman–Crippen MR) is 101 cm³/mol. The Morgan fingerprint density at radius 2 is 2.22 bits per heavy atom. The summed E-state index contributed by atoms with van der Waals surface area (Å²) in [5.41, 5.74) is 1.92. The molecule has 2 unspecified atom stereocenters. The van der Waals surface area contributed by atoms with Crippen LogP contribution in [0, 0.1) is 6.92 Å². The van der Waals surface area contributed by atoms with Gasteiger partial charge >= 0.3 is 5.97 Å². The number of pyridine rings is 1. The van der Waals surface area contributed by atoms with Gasteiger partial charge in [-0.15, -0.1) is 0 Å². The molecule has 0 saturated carbocycles. The van der Waals surface area contributed by atoms with Crippen LogP contribution in [-0.4, -0.2) is 59.3 Å². The van der Waals surface area contributed by atoms with E-state index in [2.05, 4.69) is 15.3 Å². The van der Waals surface area contributed by atoms with Crippen LogP contribution in [0.1, 0.15) is 33.1 Å². The lowest BCUT2D eigenvalue weighted by Crippen LogP contribution is -2.55. The van der Waals surface area contributed by atoms with Crippen LogP contribution in [0.2, 0.25) is 5.02 Å². The van der Waals surface area contributed by atoms with Gasteiger partial charge in [-0.1, -0.05) is 11.6 Å². The number of aromatic amines is 1. The maximum atomic E-state index is 12.5. The molecule has 8 nitrogen and oxygen atoms in total. The number of halogens is 1. The number of anilines is 1. The van der Waals surface area contributed by atoms with E-state index in [0.717, 1.165) is 11.4 Å². The van der Waals surface area contributed by atoms with Gasteiger partial charge < -0.3 is 25.0 Å². The van der Waals surface area contributed by atoms with Crippen molar-refractivity contribution in [1.29, 1.82) is 0 Å². The fourth-order valence-electron chi connectivity index (χ4n) is 3.19. The zero-order valence-corrected chi connectivity index (χ0v) is 15.8. The molecule has 1 aliphatic rings. The summed E-state index contributed by atoms with van der Waals surface area (Å²) in [5.74, 6) is -1.30. The SMILES string of the molecule is COC1CN(c2ccnc(C(=O)O)c2)CCC1NC(=O)c1cc(Cl)c(C)[nH]1. The minimum absolute atomic E-state index is 0.00381. The number of carbonyl (C=O) groups excluding carboxylic acids is 1. The summed E-state index contributed by atoms with van der Waals surface area (Å²) in [6.07, 6.45) is 1.89. The van der Waals surface area contributed by atoms with Crippen molar-refractivity contribution in [3.8, 4) is 0 Å². The van der Waals surface area contributed by atoms with Gasteiger partial charge in [0.25, 0.3) is 5.91 Å². The van der Waals surface area contributed by atoms with E-state index < -0.39 is 5.97 Å². The molecule has 3 rings (SSSR count). The topological polar surface area (TPSA) is 108 Å². The number of nitrogens with one attached hydrogen (secondary N) is 2.